The molecule has 6 heteroatoms. The van der Waals surface area contributed by atoms with E-state index in [1.807, 2.05) is 39.9 Å². The first kappa shape index (κ1) is 23.2. The molecule has 0 radical (unpaired) electrons. The molecule has 3 aromatic rings. The van der Waals surface area contributed by atoms with Gasteiger partial charge in [-0.15, -0.1) is 0 Å². The molecular weight excluding hydrogens is 412 g/mol. The highest BCUT2D eigenvalue weighted by Gasteiger charge is 2.20. The van der Waals surface area contributed by atoms with Gasteiger partial charge < -0.3 is 14.2 Å². The number of nitrogens with zero attached hydrogens (tertiary/aromatic N) is 4. The van der Waals surface area contributed by atoms with Gasteiger partial charge in [0, 0.05) is 55.5 Å². The molecule has 1 amide bonds. The van der Waals surface area contributed by atoms with Crippen LogP contribution in [0.4, 0.5) is 5.69 Å². The molecule has 4 rings (SSSR count). The molecule has 2 aromatic carbocycles. The third-order valence-corrected chi connectivity index (χ3v) is 6.17. The monoisotopic (exact) mass is 446 g/mol. The highest BCUT2D eigenvalue weighted by Crippen LogP contribution is 2.26. The molecule has 0 atom stereocenters. The molecule has 0 N–H and O–H groups in total. The van der Waals surface area contributed by atoms with Crippen LogP contribution in [0.3, 0.4) is 0 Å². The fraction of sp³-hybridized carbons (Fsp3) is 0.407. The number of carbonyl (C=O) groups is 1. The molecule has 0 unspecified atom stereocenters. The van der Waals surface area contributed by atoms with E-state index < -0.39 is 0 Å². The summed E-state index contributed by atoms with van der Waals surface area (Å²) in [4.78, 5) is 22.0. The fourth-order valence-corrected chi connectivity index (χ4v) is 4.11. The Balaban J connectivity index is 1.52. The second kappa shape index (κ2) is 10.3. The SMILES string of the molecule is CC(C)(C)c1ccc(N(CCCN2CCOCC2)C(=O)c2ccc(-n3ccnc3)cc2)cc1. The average molecular weight is 447 g/mol. The Morgan fingerprint density at radius 3 is 2.33 bits per heavy atom. The maximum absolute atomic E-state index is 13.6. The molecule has 33 heavy (non-hydrogen) atoms. The summed E-state index contributed by atoms with van der Waals surface area (Å²) in [6.07, 6.45) is 6.31. The van der Waals surface area contributed by atoms with E-state index in [0.717, 1.165) is 50.6 Å². The number of anilines is 1. The van der Waals surface area contributed by atoms with E-state index in [2.05, 4.69) is 54.9 Å². The molecule has 0 saturated carbocycles. The molecule has 0 aliphatic carbocycles. The minimum absolute atomic E-state index is 0.0256. The van der Waals surface area contributed by atoms with Crippen molar-refractivity contribution in [2.24, 2.45) is 0 Å². The fourth-order valence-electron chi connectivity index (χ4n) is 4.11. The summed E-state index contributed by atoms with van der Waals surface area (Å²) in [6, 6.07) is 16.2. The van der Waals surface area contributed by atoms with Crippen LogP contribution in [0.15, 0.2) is 67.3 Å². The number of imidazole rings is 1. The summed E-state index contributed by atoms with van der Waals surface area (Å²) >= 11 is 0. The van der Waals surface area contributed by atoms with Crippen molar-refractivity contribution >= 4 is 11.6 Å². The lowest BCUT2D eigenvalue weighted by atomic mass is 9.87. The number of hydrogen-bond acceptors (Lipinski definition) is 4. The van der Waals surface area contributed by atoms with E-state index in [9.17, 15) is 4.79 Å². The van der Waals surface area contributed by atoms with Gasteiger partial charge in [0.25, 0.3) is 5.91 Å². The van der Waals surface area contributed by atoms with Crippen molar-refractivity contribution in [1.29, 1.82) is 0 Å². The smallest absolute Gasteiger partial charge is 0.258 e. The summed E-state index contributed by atoms with van der Waals surface area (Å²) < 4.78 is 7.39. The maximum atomic E-state index is 13.6. The third kappa shape index (κ3) is 5.89. The van der Waals surface area contributed by atoms with Crippen LogP contribution in [0, 0.1) is 0 Å². The first-order valence-electron chi connectivity index (χ1n) is 11.7. The van der Waals surface area contributed by atoms with Crippen molar-refractivity contribution in [2.45, 2.75) is 32.6 Å². The van der Waals surface area contributed by atoms with Crippen LogP contribution >= 0.6 is 0 Å². The molecule has 0 spiro atoms. The van der Waals surface area contributed by atoms with Crippen molar-refractivity contribution < 1.29 is 9.53 Å². The van der Waals surface area contributed by atoms with Crippen LogP contribution in [0.1, 0.15) is 43.1 Å². The van der Waals surface area contributed by atoms with E-state index >= 15 is 0 Å². The predicted octanol–water partition coefficient (Wildman–Crippen LogP) is 4.54. The zero-order chi connectivity index (χ0) is 23.3. The van der Waals surface area contributed by atoms with E-state index in [4.69, 9.17) is 4.74 Å². The maximum Gasteiger partial charge on any atom is 0.258 e. The average Bonchev–Trinajstić information content (AvgIpc) is 3.37. The summed E-state index contributed by atoms with van der Waals surface area (Å²) in [6.45, 7) is 11.8. The van der Waals surface area contributed by atoms with E-state index in [0.29, 0.717) is 12.1 Å². The topological polar surface area (TPSA) is 50.6 Å². The molecule has 1 aliphatic rings. The molecule has 0 bridgehead atoms. The van der Waals surface area contributed by atoms with Crippen LogP contribution in [0.2, 0.25) is 0 Å². The van der Waals surface area contributed by atoms with Gasteiger partial charge in [0.15, 0.2) is 0 Å². The first-order chi connectivity index (χ1) is 15.9. The third-order valence-electron chi connectivity index (χ3n) is 6.17. The van der Waals surface area contributed by atoms with E-state index in [1.54, 1.807) is 12.5 Å². The lowest BCUT2D eigenvalue weighted by Crippen LogP contribution is -2.39. The second-order valence-corrected chi connectivity index (χ2v) is 9.58. The van der Waals surface area contributed by atoms with Crippen molar-refractivity contribution in [3.63, 3.8) is 0 Å². The molecule has 6 nitrogen and oxygen atoms in total. The Morgan fingerprint density at radius 2 is 1.73 bits per heavy atom. The minimum atomic E-state index is 0.0256. The van der Waals surface area contributed by atoms with Gasteiger partial charge >= 0.3 is 0 Å². The molecule has 1 fully saturated rings. The number of rotatable bonds is 7. The van der Waals surface area contributed by atoms with Gasteiger partial charge in [-0.2, -0.15) is 0 Å². The summed E-state index contributed by atoms with van der Waals surface area (Å²) in [5.41, 5.74) is 3.94. The lowest BCUT2D eigenvalue weighted by molar-refractivity contribution is 0.0376. The zero-order valence-corrected chi connectivity index (χ0v) is 19.9. The Bertz CT molecular complexity index is 1020. The normalized spacial score (nSPS) is 14.9. The number of aromatic nitrogens is 2. The van der Waals surface area contributed by atoms with Crippen molar-refractivity contribution in [3.05, 3.63) is 78.4 Å². The first-order valence-corrected chi connectivity index (χ1v) is 11.7. The quantitative estimate of drug-likeness (QED) is 0.535. The highest BCUT2D eigenvalue weighted by molar-refractivity contribution is 6.06. The Kier molecular flexibility index (Phi) is 7.26. The Hall–Kier alpha value is -2.96. The van der Waals surface area contributed by atoms with Gasteiger partial charge in [0.1, 0.15) is 0 Å². The second-order valence-electron chi connectivity index (χ2n) is 9.58. The number of benzene rings is 2. The number of hydrogen-bond donors (Lipinski definition) is 0. The standard InChI is InChI=1S/C27H34N4O2/c1-27(2,3)23-7-11-25(12-8-23)31(15-4-14-29-17-19-33-20-18-29)26(32)22-5-9-24(10-6-22)30-16-13-28-21-30/h5-13,16,21H,4,14-15,17-20H2,1-3H3. The predicted molar refractivity (Wildman–Crippen MR) is 132 cm³/mol. The van der Waals surface area contributed by atoms with Crippen LogP contribution in [0.5, 0.6) is 0 Å². The van der Waals surface area contributed by atoms with Crippen molar-refractivity contribution in [1.82, 2.24) is 14.5 Å². The minimum Gasteiger partial charge on any atom is -0.379 e. The molecule has 1 aromatic heterocycles. The summed E-state index contributed by atoms with van der Waals surface area (Å²) in [7, 11) is 0. The largest absolute Gasteiger partial charge is 0.379 e. The van der Waals surface area contributed by atoms with Crippen molar-refractivity contribution in [2.75, 3.05) is 44.3 Å². The van der Waals surface area contributed by atoms with Crippen molar-refractivity contribution in [3.8, 4) is 5.69 Å². The van der Waals surface area contributed by atoms with Gasteiger partial charge in [-0.1, -0.05) is 32.9 Å². The number of morpholine rings is 1. The van der Waals surface area contributed by atoms with Crippen LogP contribution in [-0.2, 0) is 10.2 Å². The summed E-state index contributed by atoms with van der Waals surface area (Å²) in [5, 5.41) is 0. The molecule has 1 saturated heterocycles. The molecule has 174 valence electrons. The Labute approximate surface area is 196 Å². The highest BCUT2D eigenvalue weighted by atomic mass is 16.5. The van der Waals surface area contributed by atoms with Gasteiger partial charge in [-0.25, -0.2) is 4.98 Å². The van der Waals surface area contributed by atoms with E-state index in [-0.39, 0.29) is 11.3 Å². The lowest BCUT2D eigenvalue weighted by Gasteiger charge is -2.29. The molecule has 2 heterocycles. The van der Waals surface area contributed by atoms with Crippen LogP contribution < -0.4 is 4.90 Å². The van der Waals surface area contributed by atoms with Gasteiger partial charge in [0.05, 0.1) is 19.5 Å². The van der Waals surface area contributed by atoms with Gasteiger partial charge in [-0.05, 0) is 53.8 Å². The van der Waals surface area contributed by atoms with Crippen LogP contribution in [0.25, 0.3) is 5.69 Å². The zero-order valence-electron chi connectivity index (χ0n) is 19.9. The Morgan fingerprint density at radius 1 is 1.03 bits per heavy atom. The summed E-state index contributed by atoms with van der Waals surface area (Å²) in [5.74, 6) is 0.0256. The molecular formula is C27H34N4O2. The number of amides is 1. The van der Waals surface area contributed by atoms with Crippen LogP contribution in [-0.4, -0.2) is 59.8 Å². The number of carbonyl (C=O) groups excluding carboxylic acids is 1. The molecule has 1 aliphatic heterocycles. The van der Waals surface area contributed by atoms with Gasteiger partial charge in [0.2, 0.25) is 0 Å². The number of ether oxygens (including phenoxy) is 1. The van der Waals surface area contributed by atoms with E-state index in [1.165, 1.54) is 5.56 Å². The van der Waals surface area contributed by atoms with Gasteiger partial charge in [-0.3, -0.25) is 9.69 Å².